The molecule has 0 bridgehead atoms. The molecule has 0 fully saturated rings. The van der Waals surface area contributed by atoms with Gasteiger partial charge < -0.3 is 4.90 Å². The summed E-state index contributed by atoms with van der Waals surface area (Å²) < 4.78 is 0. The summed E-state index contributed by atoms with van der Waals surface area (Å²) in [5.41, 5.74) is 1.80. The molecule has 0 saturated carbocycles. The van der Waals surface area contributed by atoms with Crippen LogP contribution in [0.1, 0.15) is 5.56 Å². The van der Waals surface area contributed by atoms with Crippen LogP contribution in [0, 0.1) is 0 Å². The van der Waals surface area contributed by atoms with Crippen molar-refractivity contribution >= 4 is 23.8 Å². The van der Waals surface area contributed by atoms with Gasteiger partial charge >= 0.3 is 0 Å². The van der Waals surface area contributed by atoms with E-state index in [9.17, 15) is 4.79 Å². The van der Waals surface area contributed by atoms with Crippen LogP contribution in [0.3, 0.4) is 0 Å². The first kappa shape index (κ1) is 7.44. The number of hydrogen-bond acceptors (Lipinski definition) is 3. The van der Waals surface area contributed by atoms with Crippen molar-refractivity contribution in [3.63, 3.8) is 0 Å². The van der Waals surface area contributed by atoms with Crippen molar-refractivity contribution in [2.75, 3.05) is 6.54 Å². The van der Waals surface area contributed by atoms with Crippen LogP contribution >= 0.6 is 0 Å². The Morgan fingerprint density at radius 1 is 1.29 bits per heavy atom. The monoisotopic (exact) mass is 185 g/mol. The predicted octanol–water partition coefficient (Wildman–Crippen LogP) is 0.949. The maximum Gasteiger partial charge on any atom is 0.267 e. The van der Waals surface area contributed by atoms with Crippen molar-refractivity contribution in [3.05, 3.63) is 29.8 Å². The molecular weight excluding hydrogens is 178 g/mol. The van der Waals surface area contributed by atoms with Gasteiger partial charge in [-0.25, -0.2) is 4.99 Å². The van der Waals surface area contributed by atoms with Crippen LogP contribution in [-0.2, 0) is 4.79 Å². The van der Waals surface area contributed by atoms with Gasteiger partial charge in [-0.1, -0.05) is 12.1 Å². The van der Waals surface area contributed by atoms with Gasteiger partial charge in [0, 0.05) is 5.56 Å². The quantitative estimate of drug-likeness (QED) is 0.604. The summed E-state index contributed by atoms with van der Waals surface area (Å²) in [5.74, 6) is 0.615. The molecule has 2 heterocycles. The molecule has 2 aliphatic rings. The zero-order valence-corrected chi connectivity index (χ0v) is 7.34. The average Bonchev–Trinajstić information content (AvgIpc) is 2.59. The van der Waals surface area contributed by atoms with Crippen molar-refractivity contribution in [1.82, 2.24) is 4.90 Å². The van der Waals surface area contributed by atoms with Gasteiger partial charge in [0.25, 0.3) is 5.91 Å². The molecule has 0 radical (unpaired) electrons. The van der Waals surface area contributed by atoms with Crippen LogP contribution < -0.4 is 0 Å². The summed E-state index contributed by atoms with van der Waals surface area (Å²) in [6.07, 6.45) is 1.66. The molecule has 0 aromatic heterocycles. The van der Waals surface area contributed by atoms with Crippen molar-refractivity contribution in [2.24, 2.45) is 9.98 Å². The van der Waals surface area contributed by atoms with Crippen LogP contribution in [0.2, 0.25) is 0 Å². The van der Waals surface area contributed by atoms with Crippen molar-refractivity contribution in [3.8, 4) is 0 Å². The molecule has 0 aliphatic carbocycles. The maximum absolute atomic E-state index is 11.1. The zero-order valence-electron chi connectivity index (χ0n) is 7.34. The highest BCUT2D eigenvalue weighted by Gasteiger charge is 2.27. The van der Waals surface area contributed by atoms with E-state index >= 15 is 0 Å². The number of hydrogen-bond donors (Lipinski definition) is 0. The lowest BCUT2D eigenvalue weighted by Gasteiger charge is -2.19. The van der Waals surface area contributed by atoms with Crippen LogP contribution in [0.5, 0.6) is 0 Å². The SMILES string of the molecule is O=C1CN2C=Nc3ccccc3C2=N1. The summed E-state index contributed by atoms with van der Waals surface area (Å²) in [6, 6.07) is 7.68. The maximum atomic E-state index is 11.1. The minimum Gasteiger partial charge on any atom is -0.307 e. The van der Waals surface area contributed by atoms with E-state index in [2.05, 4.69) is 9.98 Å². The van der Waals surface area contributed by atoms with E-state index in [0.29, 0.717) is 6.54 Å². The molecule has 0 unspecified atom stereocenters. The number of amides is 1. The van der Waals surface area contributed by atoms with Gasteiger partial charge in [0.2, 0.25) is 0 Å². The minimum absolute atomic E-state index is 0.108. The summed E-state index contributed by atoms with van der Waals surface area (Å²) in [6.45, 7) is 0.313. The highest BCUT2D eigenvalue weighted by atomic mass is 16.2. The smallest absolute Gasteiger partial charge is 0.267 e. The average molecular weight is 185 g/mol. The molecule has 1 aromatic carbocycles. The third-order valence-corrected chi connectivity index (χ3v) is 2.29. The highest BCUT2D eigenvalue weighted by Crippen LogP contribution is 2.25. The molecule has 0 spiro atoms. The Bertz CT molecular complexity index is 476. The second-order valence-electron chi connectivity index (χ2n) is 3.22. The highest BCUT2D eigenvalue weighted by molar-refractivity contribution is 6.18. The third-order valence-electron chi connectivity index (χ3n) is 2.29. The standard InChI is InChI=1S/C10H7N3O/c14-9-5-13-6-11-8-4-2-1-3-7(8)10(13)12-9/h1-4,6H,5H2. The number of nitrogens with zero attached hydrogens (tertiary/aromatic N) is 3. The summed E-state index contributed by atoms with van der Waals surface area (Å²) in [4.78, 5) is 21.1. The molecule has 4 nitrogen and oxygen atoms in total. The number of carbonyl (C=O) groups excluding carboxylic acids is 1. The van der Waals surface area contributed by atoms with Crippen LogP contribution in [0.4, 0.5) is 5.69 Å². The lowest BCUT2D eigenvalue weighted by molar-refractivity contribution is -0.116. The number of amidine groups is 1. The first-order valence-electron chi connectivity index (χ1n) is 4.36. The molecule has 1 aromatic rings. The van der Waals surface area contributed by atoms with Gasteiger partial charge in [-0.2, -0.15) is 4.99 Å². The van der Waals surface area contributed by atoms with Crippen molar-refractivity contribution in [2.45, 2.75) is 0 Å². The third kappa shape index (κ3) is 0.907. The minimum atomic E-state index is -0.108. The van der Waals surface area contributed by atoms with Gasteiger partial charge in [0.15, 0.2) is 0 Å². The lowest BCUT2D eigenvalue weighted by Crippen LogP contribution is -2.29. The second kappa shape index (κ2) is 2.51. The molecule has 68 valence electrons. The van der Waals surface area contributed by atoms with Gasteiger partial charge in [0.1, 0.15) is 12.4 Å². The Morgan fingerprint density at radius 2 is 2.14 bits per heavy atom. The van der Waals surface area contributed by atoms with Crippen LogP contribution in [-0.4, -0.2) is 29.5 Å². The van der Waals surface area contributed by atoms with E-state index < -0.39 is 0 Å². The molecule has 0 atom stereocenters. The Labute approximate surface area is 80.6 Å². The fourth-order valence-electron chi connectivity index (χ4n) is 1.66. The molecule has 14 heavy (non-hydrogen) atoms. The van der Waals surface area contributed by atoms with Gasteiger partial charge in [-0.15, -0.1) is 0 Å². The lowest BCUT2D eigenvalue weighted by atomic mass is 10.1. The largest absolute Gasteiger partial charge is 0.307 e. The van der Waals surface area contributed by atoms with E-state index in [1.807, 2.05) is 24.3 Å². The van der Waals surface area contributed by atoms with Crippen LogP contribution in [0.15, 0.2) is 34.3 Å². The molecule has 1 amide bonds. The zero-order chi connectivity index (χ0) is 9.54. The van der Waals surface area contributed by atoms with E-state index in [-0.39, 0.29) is 5.91 Å². The number of para-hydroxylation sites is 1. The fraction of sp³-hybridized carbons (Fsp3) is 0.100. The van der Waals surface area contributed by atoms with E-state index in [1.54, 1.807) is 11.2 Å². The van der Waals surface area contributed by atoms with E-state index in [1.165, 1.54) is 0 Å². The molecule has 0 saturated heterocycles. The molecule has 0 N–H and O–H groups in total. The predicted molar refractivity (Wildman–Crippen MR) is 52.8 cm³/mol. The number of fused-ring (bicyclic) bond motifs is 3. The second-order valence-corrected chi connectivity index (χ2v) is 3.22. The fourth-order valence-corrected chi connectivity index (χ4v) is 1.66. The molecular formula is C10H7N3O. The van der Waals surface area contributed by atoms with Crippen LogP contribution in [0.25, 0.3) is 0 Å². The number of aliphatic imine (C=N–C) groups is 2. The van der Waals surface area contributed by atoms with Crippen molar-refractivity contribution in [1.29, 1.82) is 0 Å². The Kier molecular flexibility index (Phi) is 1.33. The van der Waals surface area contributed by atoms with Gasteiger partial charge in [-0.3, -0.25) is 4.79 Å². The topological polar surface area (TPSA) is 45.0 Å². The summed E-state index contributed by atoms with van der Waals surface area (Å²) in [5, 5.41) is 0. The first-order chi connectivity index (χ1) is 6.84. The Morgan fingerprint density at radius 3 is 3.07 bits per heavy atom. The van der Waals surface area contributed by atoms with E-state index in [0.717, 1.165) is 17.1 Å². The number of rotatable bonds is 0. The first-order valence-corrected chi connectivity index (χ1v) is 4.36. The number of benzene rings is 1. The molecule has 3 rings (SSSR count). The Hall–Kier alpha value is -1.97. The summed E-state index contributed by atoms with van der Waals surface area (Å²) >= 11 is 0. The molecule has 4 heteroatoms. The Balaban J connectivity index is 2.23. The number of carbonyl (C=O) groups is 1. The van der Waals surface area contributed by atoms with Gasteiger partial charge in [0.05, 0.1) is 12.0 Å². The van der Waals surface area contributed by atoms with Crippen molar-refractivity contribution < 1.29 is 4.79 Å². The summed E-state index contributed by atoms with van der Waals surface area (Å²) in [7, 11) is 0. The normalized spacial score (nSPS) is 17.9. The van der Waals surface area contributed by atoms with Gasteiger partial charge in [-0.05, 0) is 12.1 Å². The molecule has 2 aliphatic heterocycles. The van der Waals surface area contributed by atoms with E-state index in [4.69, 9.17) is 0 Å².